The quantitative estimate of drug-likeness (QED) is 0.479. The van der Waals surface area contributed by atoms with E-state index >= 15 is 0 Å². The summed E-state index contributed by atoms with van der Waals surface area (Å²) in [6.07, 6.45) is 8.68. The number of hydrogen-bond donors (Lipinski definition) is 0. The molecule has 1 aromatic carbocycles. The van der Waals surface area contributed by atoms with Crippen LogP contribution in [0.1, 0.15) is 0 Å². The Morgan fingerprint density at radius 1 is 0.704 bits per heavy atom. The fourth-order valence-electron chi connectivity index (χ4n) is 2.89. The summed E-state index contributed by atoms with van der Waals surface area (Å²) >= 11 is 0. The summed E-state index contributed by atoms with van der Waals surface area (Å²) in [5.41, 5.74) is 4.74. The third kappa shape index (κ3) is 2.83. The molecule has 0 spiro atoms. The van der Waals surface area contributed by atoms with Crippen molar-refractivity contribution < 1.29 is 4.42 Å². The fraction of sp³-hybridized carbons (Fsp3) is 0. The third-order valence-electron chi connectivity index (χ3n) is 4.19. The zero-order valence-electron chi connectivity index (χ0n) is 14.1. The first-order chi connectivity index (χ1) is 13.4. The van der Waals surface area contributed by atoms with Crippen molar-refractivity contribution >= 4 is 11.1 Å². The van der Waals surface area contributed by atoms with Gasteiger partial charge in [0.05, 0.1) is 11.3 Å². The number of oxazole rings is 1. The predicted molar refractivity (Wildman–Crippen MR) is 101 cm³/mol. The molecular formula is C21H13N5O. The van der Waals surface area contributed by atoms with E-state index in [0.29, 0.717) is 11.7 Å². The maximum absolute atomic E-state index is 5.94. The van der Waals surface area contributed by atoms with Crippen LogP contribution in [0.15, 0.2) is 83.9 Å². The zero-order valence-corrected chi connectivity index (χ0v) is 14.1. The highest BCUT2D eigenvalue weighted by molar-refractivity contribution is 5.82. The molecule has 0 saturated carbocycles. The van der Waals surface area contributed by atoms with Crippen LogP contribution >= 0.6 is 0 Å². The molecule has 0 amide bonds. The predicted octanol–water partition coefficient (Wildman–Crippen LogP) is 4.41. The van der Waals surface area contributed by atoms with Crippen molar-refractivity contribution in [2.45, 2.75) is 0 Å². The van der Waals surface area contributed by atoms with Crippen LogP contribution in [0.4, 0.5) is 0 Å². The molecule has 6 nitrogen and oxygen atoms in total. The van der Waals surface area contributed by atoms with Gasteiger partial charge in [-0.3, -0.25) is 9.97 Å². The summed E-state index contributed by atoms with van der Waals surface area (Å²) in [5.74, 6) is 1.08. The number of pyridine rings is 2. The molecule has 0 fully saturated rings. The molecular weight excluding hydrogens is 338 g/mol. The van der Waals surface area contributed by atoms with Crippen molar-refractivity contribution in [2.75, 3.05) is 0 Å². The van der Waals surface area contributed by atoms with Crippen LogP contribution < -0.4 is 0 Å². The second-order valence-electron chi connectivity index (χ2n) is 5.92. The number of benzene rings is 1. The van der Waals surface area contributed by atoms with Crippen LogP contribution in [0.5, 0.6) is 0 Å². The minimum Gasteiger partial charge on any atom is -0.436 e. The van der Waals surface area contributed by atoms with E-state index in [2.05, 4.69) is 19.9 Å². The number of fused-ring (bicyclic) bond motifs is 1. The molecule has 128 valence electrons. The number of nitrogens with zero attached hydrogens (tertiary/aromatic N) is 5. The lowest BCUT2D eigenvalue weighted by atomic mass is 10.1. The van der Waals surface area contributed by atoms with E-state index in [4.69, 9.17) is 9.40 Å². The SMILES string of the molecule is c1cncc(-c2ncc(-c3nc4ccccc4o3)c(-c3ccncc3)n2)c1. The van der Waals surface area contributed by atoms with Crippen molar-refractivity contribution in [2.24, 2.45) is 0 Å². The highest BCUT2D eigenvalue weighted by Gasteiger charge is 2.17. The van der Waals surface area contributed by atoms with Gasteiger partial charge in [0.2, 0.25) is 5.89 Å². The van der Waals surface area contributed by atoms with Crippen molar-refractivity contribution in [3.63, 3.8) is 0 Å². The van der Waals surface area contributed by atoms with Crippen LogP contribution in [0.3, 0.4) is 0 Å². The molecule has 0 bridgehead atoms. The first kappa shape index (κ1) is 15.3. The minimum atomic E-state index is 0.487. The van der Waals surface area contributed by atoms with Gasteiger partial charge in [0.15, 0.2) is 11.4 Å². The summed E-state index contributed by atoms with van der Waals surface area (Å²) in [4.78, 5) is 22.1. The number of hydrogen-bond acceptors (Lipinski definition) is 6. The fourth-order valence-corrected chi connectivity index (χ4v) is 2.89. The lowest BCUT2D eigenvalue weighted by Crippen LogP contribution is -1.96. The Morgan fingerprint density at radius 2 is 1.59 bits per heavy atom. The summed E-state index contributed by atoms with van der Waals surface area (Å²) < 4.78 is 5.94. The molecule has 6 heteroatoms. The van der Waals surface area contributed by atoms with Crippen LogP contribution in [0.25, 0.3) is 45.2 Å². The summed E-state index contributed by atoms with van der Waals surface area (Å²) in [6.45, 7) is 0. The van der Waals surface area contributed by atoms with E-state index in [1.54, 1.807) is 31.0 Å². The van der Waals surface area contributed by atoms with Crippen LogP contribution in [-0.4, -0.2) is 24.9 Å². The van der Waals surface area contributed by atoms with E-state index in [0.717, 1.165) is 33.5 Å². The summed E-state index contributed by atoms with van der Waals surface area (Å²) in [5, 5.41) is 0. The van der Waals surface area contributed by atoms with E-state index in [1.165, 1.54) is 0 Å². The number of aromatic nitrogens is 5. The van der Waals surface area contributed by atoms with Crippen molar-refractivity contribution in [1.82, 2.24) is 24.9 Å². The lowest BCUT2D eigenvalue weighted by molar-refractivity contribution is 0.619. The molecule has 4 heterocycles. The second kappa shape index (κ2) is 6.42. The third-order valence-corrected chi connectivity index (χ3v) is 4.19. The number of rotatable bonds is 3. The van der Waals surface area contributed by atoms with Gasteiger partial charge in [-0.2, -0.15) is 0 Å². The van der Waals surface area contributed by atoms with Crippen LogP contribution in [-0.2, 0) is 0 Å². The van der Waals surface area contributed by atoms with E-state index in [9.17, 15) is 0 Å². The second-order valence-corrected chi connectivity index (χ2v) is 5.92. The van der Waals surface area contributed by atoms with Crippen molar-refractivity contribution in [3.8, 4) is 34.1 Å². The Hall–Kier alpha value is -3.93. The molecule has 0 saturated heterocycles. The van der Waals surface area contributed by atoms with Gasteiger partial charge in [-0.1, -0.05) is 12.1 Å². The van der Waals surface area contributed by atoms with Gasteiger partial charge in [0, 0.05) is 42.1 Å². The van der Waals surface area contributed by atoms with Gasteiger partial charge in [-0.25, -0.2) is 15.0 Å². The highest BCUT2D eigenvalue weighted by Crippen LogP contribution is 2.32. The van der Waals surface area contributed by atoms with Gasteiger partial charge < -0.3 is 4.42 Å². The Labute approximate surface area is 154 Å². The molecule has 0 radical (unpaired) electrons. The number of para-hydroxylation sites is 2. The topological polar surface area (TPSA) is 77.6 Å². The van der Waals surface area contributed by atoms with E-state index in [1.807, 2.05) is 48.5 Å². The van der Waals surface area contributed by atoms with Crippen molar-refractivity contribution in [3.05, 3.63) is 79.5 Å². The molecule has 0 aliphatic rings. The normalized spacial score (nSPS) is 11.0. The smallest absolute Gasteiger partial charge is 0.231 e. The standard InChI is InChI=1S/C21H13N5O/c1-2-6-18-17(5-1)25-21(27-18)16-13-24-20(15-4-3-9-23-12-15)26-19(16)14-7-10-22-11-8-14/h1-13H. The molecule has 4 aromatic heterocycles. The van der Waals surface area contributed by atoms with Crippen LogP contribution in [0, 0.1) is 0 Å². The molecule has 0 atom stereocenters. The molecule has 0 unspecified atom stereocenters. The Morgan fingerprint density at radius 3 is 2.41 bits per heavy atom. The molecule has 5 rings (SSSR count). The molecule has 5 aromatic rings. The highest BCUT2D eigenvalue weighted by atomic mass is 16.3. The molecule has 0 N–H and O–H groups in total. The van der Waals surface area contributed by atoms with Gasteiger partial charge in [0.1, 0.15) is 5.52 Å². The maximum atomic E-state index is 5.94. The molecule has 0 aliphatic carbocycles. The lowest BCUT2D eigenvalue weighted by Gasteiger charge is -2.08. The first-order valence-corrected chi connectivity index (χ1v) is 8.42. The van der Waals surface area contributed by atoms with Gasteiger partial charge in [-0.15, -0.1) is 0 Å². The van der Waals surface area contributed by atoms with E-state index < -0.39 is 0 Å². The van der Waals surface area contributed by atoms with Gasteiger partial charge in [-0.05, 0) is 36.4 Å². The minimum absolute atomic E-state index is 0.487. The summed E-state index contributed by atoms with van der Waals surface area (Å²) in [7, 11) is 0. The first-order valence-electron chi connectivity index (χ1n) is 8.42. The maximum Gasteiger partial charge on any atom is 0.231 e. The van der Waals surface area contributed by atoms with Crippen LogP contribution in [0.2, 0.25) is 0 Å². The molecule has 27 heavy (non-hydrogen) atoms. The molecule has 0 aliphatic heterocycles. The van der Waals surface area contributed by atoms with Crippen molar-refractivity contribution in [1.29, 1.82) is 0 Å². The Kier molecular flexibility index (Phi) is 3.65. The van der Waals surface area contributed by atoms with E-state index in [-0.39, 0.29) is 0 Å². The largest absolute Gasteiger partial charge is 0.436 e. The zero-order chi connectivity index (χ0) is 18.1. The Balaban J connectivity index is 1.73. The van der Waals surface area contributed by atoms with Gasteiger partial charge in [0.25, 0.3) is 0 Å². The average molecular weight is 351 g/mol. The monoisotopic (exact) mass is 351 g/mol. The summed E-state index contributed by atoms with van der Waals surface area (Å²) in [6, 6.07) is 15.3. The van der Waals surface area contributed by atoms with Gasteiger partial charge >= 0.3 is 0 Å². The Bertz CT molecular complexity index is 1190. The average Bonchev–Trinajstić information content (AvgIpc) is 3.19.